The summed E-state index contributed by atoms with van der Waals surface area (Å²) in [5.74, 6) is -0.347. The van der Waals surface area contributed by atoms with E-state index in [0.717, 1.165) is 32.1 Å². The highest BCUT2D eigenvalue weighted by molar-refractivity contribution is 5.66. The highest BCUT2D eigenvalue weighted by atomic mass is 16.7. The van der Waals surface area contributed by atoms with Gasteiger partial charge in [-0.2, -0.15) is 0 Å². The molecule has 2 saturated heterocycles. The fourth-order valence-corrected chi connectivity index (χ4v) is 13.8. The first-order valence-electron chi connectivity index (χ1n) is 18.4. The molecule has 2 spiro atoms. The Balaban J connectivity index is 1.21. The van der Waals surface area contributed by atoms with Crippen LogP contribution in [0.3, 0.4) is 0 Å². The SMILES string of the molecule is CC(=O)O[C@H]1C[C@@]2(C)[C@@H]3CC[C@H]4C(C)(C)[C@@H](O[C@@H]5OC[C@@H](O)[C@H](O)[C@H]5O)CC[C@@]45C[C@@]35C[C@H](O)[C@]2(CO)[C@H]1[C@@]1(C)CC[C@@H](C(C)(C)O)O1. The van der Waals surface area contributed by atoms with Gasteiger partial charge in [0.05, 0.1) is 42.7 Å². The molecule has 0 aromatic carbocycles. The van der Waals surface area contributed by atoms with Gasteiger partial charge < -0.3 is 49.6 Å². The van der Waals surface area contributed by atoms with Gasteiger partial charge in [-0.05, 0) is 112 Å². The average molecular weight is 681 g/mol. The van der Waals surface area contributed by atoms with Crippen LogP contribution < -0.4 is 0 Å². The molecule has 7 aliphatic rings. The first-order chi connectivity index (χ1) is 22.2. The van der Waals surface area contributed by atoms with E-state index < -0.39 is 70.9 Å². The summed E-state index contributed by atoms with van der Waals surface area (Å²) in [5.41, 5.74) is -3.80. The number of ether oxygens (including phenoxy) is 4. The molecular formula is C37H60O11. The smallest absolute Gasteiger partial charge is 0.302 e. The van der Waals surface area contributed by atoms with Crippen LogP contribution in [0.15, 0.2) is 0 Å². The van der Waals surface area contributed by atoms with Crippen molar-refractivity contribution >= 4 is 5.97 Å². The zero-order valence-electron chi connectivity index (χ0n) is 29.9. The Bertz CT molecular complexity index is 1280. The molecule has 2 aliphatic heterocycles. The lowest BCUT2D eigenvalue weighted by atomic mass is 9.40. The van der Waals surface area contributed by atoms with Crippen molar-refractivity contribution in [3.8, 4) is 0 Å². The molecule has 274 valence electrons. The van der Waals surface area contributed by atoms with Gasteiger partial charge in [0.1, 0.15) is 24.4 Å². The van der Waals surface area contributed by atoms with Crippen LogP contribution in [0, 0.1) is 44.8 Å². The number of esters is 1. The maximum absolute atomic E-state index is 12.6. The Hall–Kier alpha value is -0.890. The third kappa shape index (κ3) is 4.54. The van der Waals surface area contributed by atoms with Gasteiger partial charge in [0.15, 0.2) is 6.29 Å². The maximum atomic E-state index is 12.6. The average Bonchev–Trinajstić information content (AvgIpc) is 3.29. The molecule has 5 aliphatic carbocycles. The van der Waals surface area contributed by atoms with Crippen molar-refractivity contribution in [2.45, 2.75) is 166 Å². The number of fused-ring (bicyclic) bond motifs is 2. The second kappa shape index (κ2) is 11.1. The molecular weight excluding hydrogens is 620 g/mol. The summed E-state index contributed by atoms with van der Waals surface area (Å²) in [4.78, 5) is 12.6. The predicted octanol–water partition coefficient (Wildman–Crippen LogP) is 2.44. The van der Waals surface area contributed by atoms with Gasteiger partial charge in [-0.15, -0.1) is 0 Å². The summed E-state index contributed by atoms with van der Waals surface area (Å²) in [6.07, 6.45) is -0.0227. The van der Waals surface area contributed by atoms with E-state index in [9.17, 15) is 35.4 Å². The topological polar surface area (TPSA) is 175 Å². The molecule has 16 atom stereocenters. The molecule has 0 aromatic rings. The van der Waals surface area contributed by atoms with E-state index in [1.807, 2.05) is 6.92 Å². The first-order valence-corrected chi connectivity index (χ1v) is 18.4. The number of aliphatic hydroxyl groups excluding tert-OH is 5. The van der Waals surface area contributed by atoms with E-state index >= 15 is 0 Å². The monoisotopic (exact) mass is 680 g/mol. The molecule has 0 radical (unpaired) electrons. The van der Waals surface area contributed by atoms with Crippen molar-refractivity contribution in [1.29, 1.82) is 0 Å². The molecule has 48 heavy (non-hydrogen) atoms. The van der Waals surface area contributed by atoms with Gasteiger partial charge in [-0.25, -0.2) is 0 Å². The Kier molecular flexibility index (Phi) is 8.18. The molecule has 0 aromatic heterocycles. The number of aliphatic hydroxyl groups is 6. The lowest BCUT2D eigenvalue weighted by molar-refractivity contribution is -0.304. The molecule has 5 saturated carbocycles. The van der Waals surface area contributed by atoms with Crippen LogP contribution in [0.5, 0.6) is 0 Å². The normalized spacial score (nSPS) is 55.6. The quantitative estimate of drug-likeness (QED) is 0.180. The standard InChI is InChI=1S/C37H60O11/c1-19(39)46-21-14-33(6)23-9-8-22-31(2,3)25(47-30-28(43)27(42)20(40)16-45-30)11-13-35(22)17-36(23,35)15-24(41)37(33,18-38)29(21)34(7)12-10-26(48-34)32(4,5)44/h20-30,38,40-44H,8-18H2,1-7H3/t20-,21+,22+,23+,24+,25+,26+,27+,28-,29-,30+,33+,34-,35-,36+,37-/m1/s1. The van der Waals surface area contributed by atoms with E-state index in [1.165, 1.54) is 6.92 Å². The van der Waals surface area contributed by atoms with E-state index in [4.69, 9.17) is 18.9 Å². The van der Waals surface area contributed by atoms with Crippen molar-refractivity contribution in [3.63, 3.8) is 0 Å². The number of hydrogen-bond donors (Lipinski definition) is 6. The number of rotatable bonds is 6. The Labute approximate surface area is 284 Å². The summed E-state index contributed by atoms with van der Waals surface area (Å²) in [7, 11) is 0. The minimum Gasteiger partial charge on any atom is -0.462 e. The van der Waals surface area contributed by atoms with Gasteiger partial charge >= 0.3 is 5.97 Å². The van der Waals surface area contributed by atoms with Crippen molar-refractivity contribution in [1.82, 2.24) is 0 Å². The molecule has 0 amide bonds. The maximum Gasteiger partial charge on any atom is 0.302 e. The third-order valence-corrected chi connectivity index (χ3v) is 15.8. The molecule has 7 fully saturated rings. The van der Waals surface area contributed by atoms with E-state index in [-0.39, 0.29) is 47.4 Å². The van der Waals surface area contributed by atoms with Crippen LogP contribution in [-0.2, 0) is 23.7 Å². The number of carbonyl (C=O) groups excluding carboxylic acids is 1. The van der Waals surface area contributed by atoms with Crippen LogP contribution in [0.25, 0.3) is 0 Å². The van der Waals surface area contributed by atoms with Gasteiger partial charge in [0, 0.05) is 18.3 Å². The Morgan fingerprint density at radius 3 is 2.23 bits per heavy atom. The predicted molar refractivity (Wildman–Crippen MR) is 172 cm³/mol. The van der Waals surface area contributed by atoms with E-state index in [2.05, 4.69) is 20.8 Å². The van der Waals surface area contributed by atoms with Crippen molar-refractivity contribution in [2.24, 2.45) is 44.8 Å². The Morgan fingerprint density at radius 1 is 0.917 bits per heavy atom. The minimum absolute atomic E-state index is 0.0125. The van der Waals surface area contributed by atoms with Crippen molar-refractivity contribution < 1.29 is 54.4 Å². The number of hydrogen-bond acceptors (Lipinski definition) is 11. The highest BCUT2D eigenvalue weighted by Crippen LogP contribution is 2.89. The second-order valence-corrected chi connectivity index (χ2v) is 18.7. The lowest BCUT2D eigenvalue weighted by Crippen LogP contribution is -2.66. The van der Waals surface area contributed by atoms with Crippen LogP contribution >= 0.6 is 0 Å². The van der Waals surface area contributed by atoms with Crippen LogP contribution in [-0.4, -0.2) is 110 Å². The van der Waals surface area contributed by atoms with Crippen LogP contribution in [0.4, 0.5) is 0 Å². The van der Waals surface area contributed by atoms with Gasteiger partial charge in [0.25, 0.3) is 0 Å². The first kappa shape index (κ1) is 35.5. The van der Waals surface area contributed by atoms with Crippen LogP contribution in [0.1, 0.15) is 106 Å². The van der Waals surface area contributed by atoms with Gasteiger partial charge in [-0.1, -0.05) is 20.8 Å². The molecule has 0 unspecified atom stereocenters. The zero-order chi connectivity index (χ0) is 35.0. The minimum atomic E-state index is -1.34. The fourth-order valence-electron chi connectivity index (χ4n) is 13.8. The second-order valence-electron chi connectivity index (χ2n) is 18.7. The fraction of sp³-hybridized carbons (Fsp3) is 0.973. The summed E-state index contributed by atoms with van der Waals surface area (Å²) >= 11 is 0. The molecule has 11 heteroatoms. The molecule has 11 nitrogen and oxygen atoms in total. The molecule has 0 bridgehead atoms. The van der Waals surface area contributed by atoms with E-state index in [0.29, 0.717) is 31.6 Å². The van der Waals surface area contributed by atoms with Gasteiger partial charge in [-0.3, -0.25) is 4.79 Å². The lowest BCUT2D eigenvalue weighted by Gasteiger charge is -2.65. The highest BCUT2D eigenvalue weighted by Gasteiger charge is 2.86. The van der Waals surface area contributed by atoms with Crippen LogP contribution in [0.2, 0.25) is 0 Å². The summed E-state index contributed by atoms with van der Waals surface area (Å²) in [6.45, 7) is 13.3. The zero-order valence-corrected chi connectivity index (χ0v) is 29.9. The summed E-state index contributed by atoms with van der Waals surface area (Å²) < 4.78 is 24.9. The van der Waals surface area contributed by atoms with Crippen molar-refractivity contribution in [2.75, 3.05) is 13.2 Å². The largest absolute Gasteiger partial charge is 0.462 e. The molecule has 6 N–H and O–H groups in total. The molecule has 7 rings (SSSR count). The summed E-state index contributed by atoms with van der Waals surface area (Å²) in [6, 6.07) is 0. The molecule has 2 heterocycles. The van der Waals surface area contributed by atoms with E-state index in [1.54, 1.807) is 13.8 Å². The van der Waals surface area contributed by atoms with Gasteiger partial charge in [0.2, 0.25) is 0 Å². The summed E-state index contributed by atoms with van der Waals surface area (Å²) in [5, 5.41) is 65.9. The Morgan fingerprint density at radius 2 is 1.60 bits per heavy atom. The van der Waals surface area contributed by atoms with Crippen molar-refractivity contribution in [3.05, 3.63) is 0 Å². The number of carbonyl (C=O) groups is 1. The third-order valence-electron chi connectivity index (χ3n) is 15.8.